The second-order valence-corrected chi connectivity index (χ2v) is 4.07. The number of rotatable bonds is 1. The lowest BCUT2D eigenvalue weighted by Gasteiger charge is -2.21. The third-order valence-corrected chi connectivity index (χ3v) is 3.00. The van der Waals surface area contributed by atoms with E-state index >= 15 is 0 Å². The highest BCUT2D eigenvalue weighted by Gasteiger charge is 2.31. The first kappa shape index (κ1) is 8.91. The van der Waals surface area contributed by atoms with Gasteiger partial charge in [0.1, 0.15) is 5.78 Å². The summed E-state index contributed by atoms with van der Waals surface area (Å²) in [6.45, 7) is 1.49. The summed E-state index contributed by atoms with van der Waals surface area (Å²) in [4.78, 5) is 22.1. The monoisotopic (exact) mass is 218 g/mol. The molecule has 0 spiro atoms. The van der Waals surface area contributed by atoms with Crippen molar-refractivity contribution in [2.45, 2.75) is 31.0 Å². The van der Waals surface area contributed by atoms with E-state index in [1.165, 1.54) is 6.92 Å². The van der Waals surface area contributed by atoms with Crippen LogP contribution in [0, 0.1) is 5.92 Å². The third-order valence-electron chi connectivity index (χ3n) is 2.09. The minimum Gasteiger partial charge on any atom is -0.299 e. The Morgan fingerprint density at radius 1 is 1.55 bits per heavy atom. The van der Waals surface area contributed by atoms with Crippen LogP contribution in [0.25, 0.3) is 0 Å². The van der Waals surface area contributed by atoms with Gasteiger partial charge in [-0.1, -0.05) is 22.4 Å². The smallest absolute Gasteiger partial charge is 0.156 e. The van der Waals surface area contributed by atoms with Gasteiger partial charge in [0.15, 0.2) is 5.78 Å². The summed E-state index contributed by atoms with van der Waals surface area (Å²) in [7, 11) is 0. The van der Waals surface area contributed by atoms with Gasteiger partial charge >= 0.3 is 0 Å². The van der Waals surface area contributed by atoms with Crippen LogP contribution in [0.5, 0.6) is 0 Å². The molecular formula is C8H11BrO2. The summed E-state index contributed by atoms with van der Waals surface area (Å²) in [5.74, 6) is -0.240. The number of Topliss-reactive ketones (excluding diaryl/α,β-unsaturated/α-hetero) is 2. The molecule has 2 nitrogen and oxygen atoms in total. The molecule has 0 saturated heterocycles. The lowest BCUT2D eigenvalue weighted by molar-refractivity contribution is -0.132. The predicted molar refractivity (Wildman–Crippen MR) is 45.7 cm³/mol. The largest absolute Gasteiger partial charge is 0.299 e. The Morgan fingerprint density at radius 2 is 2.18 bits per heavy atom. The molecule has 11 heavy (non-hydrogen) atoms. The number of hydrogen-bond donors (Lipinski definition) is 0. The molecule has 3 heteroatoms. The van der Waals surface area contributed by atoms with Crippen LogP contribution < -0.4 is 0 Å². The van der Waals surface area contributed by atoms with Crippen molar-refractivity contribution >= 4 is 27.5 Å². The van der Waals surface area contributed by atoms with E-state index in [1.807, 2.05) is 0 Å². The summed E-state index contributed by atoms with van der Waals surface area (Å²) < 4.78 is 0. The van der Waals surface area contributed by atoms with E-state index in [2.05, 4.69) is 15.9 Å². The molecule has 1 aliphatic rings. The first-order valence-electron chi connectivity index (χ1n) is 3.81. The number of halogens is 1. The maximum absolute atomic E-state index is 11.3. The second kappa shape index (κ2) is 3.48. The predicted octanol–water partition coefficient (Wildman–Crippen LogP) is 1.71. The van der Waals surface area contributed by atoms with Crippen LogP contribution in [0.3, 0.4) is 0 Å². The third kappa shape index (κ3) is 1.89. The molecular weight excluding hydrogens is 208 g/mol. The molecule has 1 fully saturated rings. The Labute approximate surface area is 74.5 Å². The van der Waals surface area contributed by atoms with Crippen molar-refractivity contribution in [3.63, 3.8) is 0 Å². The second-order valence-electron chi connectivity index (χ2n) is 2.96. The van der Waals surface area contributed by atoms with E-state index in [4.69, 9.17) is 0 Å². The van der Waals surface area contributed by atoms with Gasteiger partial charge in [0, 0.05) is 0 Å². The molecule has 0 radical (unpaired) electrons. The molecule has 2 unspecified atom stereocenters. The van der Waals surface area contributed by atoms with Crippen LogP contribution in [0.4, 0.5) is 0 Å². The van der Waals surface area contributed by atoms with Gasteiger partial charge in [0.2, 0.25) is 0 Å². The number of carbonyl (C=O) groups is 2. The Bertz CT molecular complexity index is 189. The average molecular weight is 219 g/mol. The van der Waals surface area contributed by atoms with Crippen LogP contribution in [0.2, 0.25) is 0 Å². The van der Waals surface area contributed by atoms with Crippen molar-refractivity contribution < 1.29 is 9.59 Å². The fourth-order valence-corrected chi connectivity index (χ4v) is 2.05. The normalized spacial score (nSPS) is 32.0. The van der Waals surface area contributed by atoms with Crippen molar-refractivity contribution in [2.75, 3.05) is 0 Å². The average Bonchev–Trinajstić information content (AvgIpc) is 1.94. The molecule has 0 amide bonds. The van der Waals surface area contributed by atoms with Gasteiger partial charge in [-0.05, 0) is 19.8 Å². The summed E-state index contributed by atoms with van der Waals surface area (Å²) in [6, 6.07) is 0. The van der Waals surface area contributed by atoms with Crippen molar-refractivity contribution in [2.24, 2.45) is 5.92 Å². The zero-order chi connectivity index (χ0) is 8.43. The highest BCUT2D eigenvalue weighted by atomic mass is 79.9. The van der Waals surface area contributed by atoms with E-state index in [0.29, 0.717) is 0 Å². The number of ketones is 2. The van der Waals surface area contributed by atoms with Crippen LogP contribution in [0.15, 0.2) is 0 Å². The molecule has 0 aromatic carbocycles. The van der Waals surface area contributed by atoms with Gasteiger partial charge < -0.3 is 0 Å². The van der Waals surface area contributed by atoms with Crippen molar-refractivity contribution in [3.05, 3.63) is 0 Å². The number of hydrogen-bond acceptors (Lipinski definition) is 2. The molecule has 1 aliphatic carbocycles. The fraction of sp³-hybridized carbons (Fsp3) is 0.750. The lowest BCUT2D eigenvalue weighted by Crippen LogP contribution is -2.32. The van der Waals surface area contributed by atoms with E-state index in [9.17, 15) is 9.59 Å². The maximum Gasteiger partial charge on any atom is 0.156 e. The van der Waals surface area contributed by atoms with Gasteiger partial charge in [0.05, 0.1) is 10.7 Å². The Kier molecular flexibility index (Phi) is 2.82. The molecule has 0 aromatic rings. The molecule has 0 N–H and O–H groups in total. The molecule has 2 atom stereocenters. The SMILES string of the molecule is CC(=O)C1CCCC(Br)C1=O. The first-order chi connectivity index (χ1) is 5.13. The van der Waals surface area contributed by atoms with Crippen LogP contribution in [-0.2, 0) is 9.59 Å². The molecule has 0 aromatic heterocycles. The molecule has 1 saturated carbocycles. The van der Waals surface area contributed by atoms with Crippen LogP contribution in [0.1, 0.15) is 26.2 Å². The maximum atomic E-state index is 11.3. The summed E-state index contributed by atoms with van der Waals surface area (Å²) in [5, 5.41) is 0. The van der Waals surface area contributed by atoms with E-state index < -0.39 is 0 Å². The topological polar surface area (TPSA) is 34.1 Å². The highest BCUT2D eigenvalue weighted by Crippen LogP contribution is 2.26. The van der Waals surface area contributed by atoms with Crippen molar-refractivity contribution in [1.82, 2.24) is 0 Å². The van der Waals surface area contributed by atoms with Gasteiger partial charge in [-0.25, -0.2) is 0 Å². The van der Waals surface area contributed by atoms with E-state index in [-0.39, 0.29) is 22.3 Å². The van der Waals surface area contributed by atoms with E-state index in [0.717, 1.165) is 19.3 Å². The Morgan fingerprint density at radius 3 is 2.64 bits per heavy atom. The molecule has 62 valence electrons. The quantitative estimate of drug-likeness (QED) is 0.497. The van der Waals surface area contributed by atoms with Gasteiger partial charge in [0.25, 0.3) is 0 Å². The minimum absolute atomic E-state index is 0.0131. The van der Waals surface area contributed by atoms with Crippen LogP contribution in [-0.4, -0.2) is 16.4 Å². The zero-order valence-electron chi connectivity index (χ0n) is 6.47. The highest BCUT2D eigenvalue weighted by molar-refractivity contribution is 9.10. The minimum atomic E-state index is -0.326. The fourth-order valence-electron chi connectivity index (χ4n) is 1.41. The Balaban J connectivity index is 2.66. The molecule has 0 aliphatic heterocycles. The lowest BCUT2D eigenvalue weighted by atomic mass is 9.85. The Hall–Kier alpha value is -0.180. The van der Waals surface area contributed by atoms with Gasteiger partial charge in [-0.2, -0.15) is 0 Å². The standard InChI is InChI=1S/C8H11BrO2/c1-5(10)6-3-2-4-7(9)8(6)11/h6-7H,2-4H2,1H3. The van der Waals surface area contributed by atoms with E-state index in [1.54, 1.807) is 0 Å². The molecule has 1 rings (SSSR count). The summed E-state index contributed by atoms with van der Waals surface area (Å²) in [5.41, 5.74) is 0. The summed E-state index contributed by atoms with van der Waals surface area (Å²) in [6.07, 6.45) is 2.60. The number of alkyl halides is 1. The van der Waals surface area contributed by atoms with Crippen LogP contribution >= 0.6 is 15.9 Å². The zero-order valence-corrected chi connectivity index (χ0v) is 8.06. The molecule has 0 heterocycles. The summed E-state index contributed by atoms with van der Waals surface area (Å²) >= 11 is 3.26. The van der Waals surface area contributed by atoms with Gasteiger partial charge in [-0.3, -0.25) is 9.59 Å². The molecule has 0 bridgehead atoms. The van der Waals surface area contributed by atoms with Crippen molar-refractivity contribution in [1.29, 1.82) is 0 Å². The van der Waals surface area contributed by atoms with Gasteiger partial charge in [-0.15, -0.1) is 0 Å². The van der Waals surface area contributed by atoms with Crippen molar-refractivity contribution in [3.8, 4) is 0 Å². The number of carbonyl (C=O) groups excluding carboxylic acids is 2. The first-order valence-corrected chi connectivity index (χ1v) is 4.72.